The zero-order chi connectivity index (χ0) is 27.4. The maximum atomic E-state index is 13.1. The minimum absolute atomic E-state index is 0.0616. The number of rotatable bonds is 12. The zero-order valence-corrected chi connectivity index (χ0v) is 25.2. The van der Waals surface area contributed by atoms with Crippen LogP contribution in [-0.2, 0) is 10.8 Å². The second kappa shape index (κ2) is 11.8. The van der Waals surface area contributed by atoms with Crippen molar-refractivity contribution in [3.8, 4) is 5.75 Å². The summed E-state index contributed by atoms with van der Waals surface area (Å²) in [5.74, 6) is 2.99. The van der Waals surface area contributed by atoms with Crippen molar-refractivity contribution >= 4 is 6.03 Å². The Bertz CT molecular complexity index is 940. The van der Waals surface area contributed by atoms with Gasteiger partial charge in [-0.15, -0.1) is 0 Å². The van der Waals surface area contributed by atoms with E-state index in [9.17, 15) is 4.79 Å². The summed E-state index contributed by atoms with van der Waals surface area (Å²) in [6.45, 7) is 22.3. The molecule has 1 aromatic rings. The highest BCUT2D eigenvalue weighted by Crippen LogP contribution is 2.44. The fraction of sp³-hybridized carbons (Fsp3) is 0.727. The van der Waals surface area contributed by atoms with Crippen molar-refractivity contribution in [1.82, 2.24) is 10.2 Å². The molecule has 2 amide bonds. The molecule has 1 fully saturated rings. The Balaban J connectivity index is 1.60. The summed E-state index contributed by atoms with van der Waals surface area (Å²) in [6.07, 6.45) is 11.3. The number of carbonyl (C=O) groups is 1. The standard InChI is InChI=1S/C33H54N2O2/c1-10-32(6,7)27-16-17-29(28(22-27)33(8,9)11-2)37-19-13-12-18-35(30(36)34-31(3,4)5)23-26-21-24-14-15-25(26)20-24/h14-17,22,24-26H,10-13,18-21,23H2,1-9H3,(H,34,36). The Kier molecular flexibility index (Phi) is 9.46. The monoisotopic (exact) mass is 510 g/mol. The molecule has 0 saturated heterocycles. The third-order valence-electron chi connectivity index (χ3n) is 8.98. The predicted octanol–water partition coefficient (Wildman–Crippen LogP) is 8.24. The van der Waals surface area contributed by atoms with Crippen molar-refractivity contribution in [3.63, 3.8) is 0 Å². The highest BCUT2D eigenvalue weighted by atomic mass is 16.5. The number of hydrogen-bond acceptors (Lipinski definition) is 2. The summed E-state index contributed by atoms with van der Waals surface area (Å²) >= 11 is 0. The molecule has 1 saturated carbocycles. The van der Waals surface area contributed by atoms with Gasteiger partial charge in [-0.05, 0) is 99.5 Å². The molecule has 2 aliphatic carbocycles. The van der Waals surface area contributed by atoms with Crippen molar-refractivity contribution in [1.29, 1.82) is 0 Å². The average molecular weight is 511 g/mol. The highest BCUT2D eigenvalue weighted by Gasteiger charge is 2.37. The van der Waals surface area contributed by atoms with E-state index in [1.807, 2.05) is 0 Å². The normalized spacial score (nSPS) is 21.4. The van der Waals surface area contributed by atoms with Crippen LogP contribution in [0.15, 0.2) is 30.4 Å². The molecule has 0 spiro atoms. The Morgan fingerprint density at radius 2 is 1.68 bits per heavy atom. The van der Waals surface area contributed by atoms with Crippen molar-refractivity contribution in [2.45, 2.75) is 117 Å². The number of nitrogens with one attached hydrogen (secondary N) is 1. The van der Waals surface area contributed by atoms with Gasteiger partial charge in [-0.3, -0.25) is 0 Å². The molecule has 1 N–H and O–H groups in total. The van der Waals surface area contributed by atoms with E-state index in [1.165, 1.54) is 24.0 Å². The van der Waals surface area contributed by atoms with E-state index in [-0.39, 0.29) is 22.4 Å². The molecule has 208 valence electrons. The van der Waals surface area contributed by atoms with Crippen LogP contribution < -0.4 is 10.1 Å². The van der Waals surface area contributed by atoms with Crippen molar-refractivity contribution in [2.75, 3.05) is 19.7 Å². The number of urea groups is 1. The predicted molar refractivity (Wildman–Crippen MR) is 157 cm³/mol. The molecule has 0 radical (unpaired) electrons. The van der Waals surface area contributed by atoms with E-state index >= 15 is 0 Å². The number of hydrogen-bond donors (Lipinski definition) is 1. The van der Waals surface area contributed by atoms with E-state index < -0.39 is 0 Å². The van der Waals surface area contributed by atoms with Gasteiger partial charge in [0.2, 0.25) is 0 Å². The van der Waals surface area contributed by atoms with E-state index in [4.69, 9.17) is 4.74 Å². The molecule has 0 aliphatic heterocycles. The molecule has 2 bridgehead atoms. The first-order valence-electron chi connectivity index (χ1n) is 14.8. The number of unbranched alkanes of at least 4 members (excludes halogenated alkanes) is 1. The van der Waals surface area contributed by atoms with Gasteiger partial charge in [0.1, 0.15) is 5.75 Å². The fourth-order valence-electron chi connectivity index (χ4n) is 5.65. The lowest BCUT2D eigenvalue weighted by atomic mass is 9.76. The maximum absolute atomic E-state index is 13.1. The lowest BCUT2D eigenvalue weighted by Crippen LogP contribution is -2.50. The summed E-state index contributed by atoms with van der Waals surface area (Å²) in [6, 6.07) is 6.88. The van der Waals surface area contributed by atoms with Crippen LogP contribution in [0, 0.1) is 17.8 Å². The topological polar surface area (TPSA) is 41.6 Å². The second-order valence-corrected chi connectivity index (χ2v) is 13.9. The van der Waals surface area contributed by atoms with Crippen LogP contribution in [0.1, 0.15) is 112 Å². The summed E-state index contributed by atoms with van der Waals surface area (Å²) in [5.41, 5.74) is 2.68. The first-order valence-corrected chi connectivity index (χ1v) is 14.8. The lowest BCUT2D eigenvalue weighted by molar-refractivity contribution is 0.171. The Morgan fingerprint density at radius 3 is 2.24 bits per heavy atom. The molecule has 3 rings (SSSR count). The van der Waals surface area contributed by atoms with Crippen molar-refractivity contribution in [2.24, 2.45) is 17.8 Å². The number of carbonyl (C=O) groups excluding carboxylic acids is 1. The molecule has 37 heavy (non-hydrogen) atoms. The van der Waals surface area contributed by atoms with Crippen LogP contribution >= 0.6 is 0 Å². The number of fused-ring (bicyclic) bond motifs is 2. The second-order valence-electron chi connectivity index (χ2n) is 13.9. The number of allylic oxidation sites excluding steroid dienone is 2. The number of amides is 2. The highest BCUT2D eigenvalue weighted by molar-refractivity contribution is 5.75. The zero-order valence-electron chi connectivity index (χ0n) is 25.2. The van der Waals surface area contributed by atoms with Gasteiger partial charge < -0.3 is 15.0 Å². The minimum Gasteiger partial charge on any atom is -0.493 e. The van der Waals surface area contributed by atoms with Gasteiger partial charge >= 0.3 is 6.03 Å². The summed E-state index contributed by atoms with van der Waals surface area (Å²) in [5, 5.41) is 3.19. The summed E-state index contributed by atoms with van der Waals surface area (Å²) in [4.78, 5) is 15.2. The first kappa shape index (κ1) is 29.6. The Hall–Kier alpha value is -1.97. The van der Waals surface area contributed by atoms with Gasteiger partial charge in [-0.2, -0.15) is 0 Å². The smallest absolute Gasteiger partial charge is 0.317 e. The molecule has 2 aliphatic rings. The molecule has 0 heterocycles. The Labute approximate surface area is 227 Å². The minimum atomic E-state index is -0.228. The first-order chi connectivity index (χ1) is 17.3. The van der Waals surface area contributed by atoms with Gasteiger partial charge in [-0.25, -0.2) is 4.79 Å². The molecule has 3 atom stereocenters. The van der Waals surface area contributed by atoms with Gasteiger partial charge in [0.25, 0.3) is 0 Å². The number of nitrogens with zero attached hydrogens (tertiary/aromatic N) is 1. The fourth-order valence-corrected chi connectivity index (χ4v) is 5.65. The SMILES string of the molecule is CCC(C)(C)c1ccc(OCCCCN(CC2CC3C=CC2C3)C(=O)NC(C)(C)C)c(C(C)(C)CC)c1. The van der Waals surface area contributed by atoms with E-state index in [0.717, 1.165) is 50.4 Å². The Morgan fingerprint density at radius 1 is 0.973 bits per heavy atom. The third-order valence-corrected chi connectivity index (χ3v) is 8.98. The molecule has 4 heteroatoms. The molecular weight excluding hydrogens is 456 g/mol. The van der Waals surface area contributed by atoms with E-state index in [1.54, 1.807) is 0 Å². The molecule has 3 unspecified atom stereocenters. The van der Waals surface area contributed by atoms with Crippen LogP contribution in [0.4, 0.5) is 4.79 Å². The van der Waals surface area contributed by atoms with Crippen LogP contribution in [0.5, 0.6) is 5.75 Å². The van der Waals surface area contributed by atoms with E-state index in [2.05, 4.69) is 103 Å². The largest absolute Gasteiger partial charge is 0.493 e. The molecule has 1 aromatic carbocycles. The average Bonchev–Trinajstić information content (AvgIpc) is 3.45. The van der Waals surface area contributed by atoms with Crippen molar-refractivity contribution in [3.05, 3.63) is 41.5 Å². The third kappa shape index (κ3) is 7.77. The van der Waals surface area contributed by atoms with E-state index in [0.29, 0.717) is 18.4 Å². The maximum Gasteiger partial charge on any atom is 0.317 e. The van der Waals surface area contributed by atoms with Gasteiger partial charge in [0.15, 0.2) is 0 Å². The molecule has 4 nitrogen and oxygen atoms in total. The van der Waals surface area contributed by atoms with Crippen molar-refractivity contribution < 1.29 is 9.53 Å². The molecular formula is C33H54N2O2. The van der Waals surface area contributed by atoms with Crippen LogP contribution in [-0.4, -0.2) is 36.2 Å². The van der Waals surface area contributed by atoms with Crippen LogP contribution in [0.2, 0.25) is 0 Å². The number of ether oxygens (including phenoxy) is 1. The van der Waals surface area contributed by atoms with Gasteiger partial charge in [-0.1, -0.05) is 65.8 Å². The van der Waals surface area contributed by atoms with Gasteiger partial charge in [0.05, 0.1) is 6.61 Å². The van der Waals surface area contributed by atoms with Gasteiger partial charge in [0, 0.05) is 24.2 Å². The lowest BCUT2D eigenvalue weighted by Gasteiger charge is -2.32. The number of benzene rings is 1. The summed E-state index contributed by atoms with van der Waals surface area (Å²) in [7, 11) is 0. The summed E-state index contributed by atoms with van der Waals surface area (Å²) < 4.78 is 6.40. The van der Waals surface area contributed by atoms with Crippen LogP contribution in [0.3, 0.4) is 0 Å². The quantitative estimate of drug-likeness (QED) is 0.227. The molecule has 0 aromatic heterocycles. The van der Waals surface area contributed by atoms with Crippen LogP contribution in [0.25, 0.3) is 0 Å².